The average molecular weight is 320 g/mol. The molecule has 6 heteroatoms. The maximum atomic E-state index is 12.5. The smallest absolute Gasteiger partial charge is 0.410 e. The molecule has 1 saturated carbocycles. The van der Waals surface area contributed by atoms with Gasteiger partial charge in [0.1, 0.15) is 6.61 Å². The number of ether oxygens (including phenoxy) is 1. The van der Waals surface area contributed by atoms with E-state index in [0.29, 0.717) is 0 Å². The Morgan fingerprint density at radius 3 is 2.52 bits per heavy atom. The van der Waals surface area contributed by atoms with Gasteiger partial charge in [0, 0.05) is 13.1 Å². The van der Waals surface area contributed by atoms with Crippen LogP contribution in [-0.2, 0) is 16.1 Å². The number of nitrogens with zero attached hydrogens (tertiary/aromatic N) is 1. The summed E-state index contributed by atoms with van der Waals surface area (Å²) in [5.41, 5.74) is 0.897. The molecule has 1 aromatic carbocycles. The third-order valence-electron chi connectivity index (χ3n) is 4.29. The van der Waals surface area contributed by atoms with Gasteiger partial charge in [0.2, 0.25) is 0 Å². The number of benzene rings is 1. The highest BCUT2D eigenvalue weighted by Gasteiger charge is 2.38. The monoisotopic (exact) mass is 320 g/mol. The van der Waals surface area contributed by atoms with Crippen molar-refractivity contribution in [2.75, 3.05) is 7.05 Å². The summed E-state index contributed by atoms with van der Waals surface area (Å²) in [5.74, 6) is -0.502. The van der Waals surface area contributed by atoms with Gasteiger partial charge >= 0.3 is 6.09 Å². The fourth-order valence-electron chi connectivity index (χ4n) is 2.63. The molecular formula is C17H24N2O4. The molecular weight excluding hydrogens is 296 g/mol. The minimum atomic E-state index is -1.27. The van der Waals surface area contributed by atoms with E-state index in [1.165, 1.54) is 11.9 Å². The van der Waals surface area contributed by atoms with Gasteiger partial charge in [0.05, 0.1) is 6.04 Å². The Morgan fingerprint density at radius 1 is 1.35 bits per heavy atom. The summed E-state index contributed by atoms with van der Waals surface area (Å²) in [6.45, 7) is 1.84. The second-order valence-corrected chi connectivity index (χ2v) is 5.83. The van der Waals surface area contributed by atoms with Crippen LogP contribution in [0.5, 0.6) is 0 Å². The van der Waals surface area contributed by atoms with E-state index in [9.17, 15) is 14.7 Å². The largest absolute Gasteiger partial charge is 0.445 e. The molecule has 2 amide bonds. The van der Waals surface area contributed by atoms with Gasteiger partial charge < -0.3 is 15.2 Å². The molecule has 2 atom stereocenters. The lowest BCUT2D eigenvalue weighted by atomic mass is 9.90. The van der Waals surface area contributed by atoms with Crippen LogP contribution in [0.15, 0.2) is 30.3 Å². The van der Waals surface area contributed by atoms with Gasteiger partial charge in [-0.3, -0.25) is 9.69 Å². The number of rotatable bonds is 6. The van der Waals surface area contributed by atoms with Crippen LogP contribution < -0.4 is 5.32 Å². The van der Waals surface area contributed by atoms with Crippen molar-refractivity contribution >= 4 is 12.0 Å². The third-order valence-corrected chi connectivity index (χ3v) is 4.29. The zero-order chi connectivity index (χ0) is 16.8. The van der Waals surface area contributed by atoms with Gasteiger partial charge in [-0.1, -0.05) is 30.3 Å². The molecule has 2 rings (SSSR count). The number of amides is 2. The van der Waals surface area contributed by atoms with Crippen molar-refractivity contribution < 1.29 is 19.4 Å². The van der Waals surface area contributed by atoms with Gasteiger partial charge in [-0.05, 0) is 31.7 Å². The second kappa shape index (κ2) is 7.97. The predicted molar refractivity (Wildman–Crippen MR) is 85.6 cm³/mol. The zero-order valence-electron chi connectivity index (χ0n) is 13.6. The number of nitrogens with one attached hydrogen (secondary N) is 1. The Bertz CT molecular complexity index is 531. The van der Waals surface area contributed by atoms with Crippen molar-refractivity contribution in [1.82, 2.24) is 10.2 Å². The van der Waals surface area contributed by atoms with Crippen molar-refractivity contribution in [2.45, 2.75) is 51.0 Å². The molecule has 1 aromatic rings. The summed E-state index contributed by atoms with van der Waals surface area (Å²) in [6.07, 6.45) is 1.01. The highest BCUT2D eigenvalue weighted by Crippen LogP contribution is 2.28. The minimum Gasteiger partial charge on any atom is -0.445 e. The first-order chi connectivity index (χ1) is 11.0. The van der Waals surface area contributed by atoms with E-state index in [1.54, 1.807) is 6.92 Å². The van der Waals surface area contributed by atoms with Gasteiger partial charge in [-0.2, -0.15) is 0 Å². The first-order valence-corrected chi connectivity index (χ1v) is 7.93. The highest BCUT2D eigenvalue weighted by molar-refractivity contribution is 5.81. The lowest BCUT2D eigenvalue weighted by Crippen LogP contribution is -2.56. The number of hydrogen-bond acceptors (Lipinski definition) is 4. The molecule has 0 saturated heterocycles. The summed E-state index contributed by atoms with van der Waals surface area (Å²) in [7, 11) is 1.46. The van der Waals surface area contributed by atoms with Crippen LogP contribution in [0.2, 0.25) is 0 Å². The van der Waals surface area contributed by atoms with Crippen molar-refractivity contribution in [1.29, 1.82) is 0 Å². The van der Waals surface area contributed by atoms with Crippen molar-refractivity contribution in [3.63, 3.8) is 0 Å². The number of carbonyl (C=O) groups is 2. The van der Waals surface area contributed by atoms with Crippen LogP contribution in [0, 0.1) is 0 Å². The summed E-state index contributed by atoms with van der Waals surface area (Å²) in [4.78, 5) is 25.6. The molecule has 0 aliphatic heterocycles. The molecule has 0 heterocycles. The molecule has 2 N–H and O–H groups in total. The van der Waals surface area contributed by atoms with E-state index in [0.717, 1.165) is 24.8 Å². The zero-order valence-corrected chi connectivity index (χ0v) is 13.6. The van der Waals surface area contributed by atoms with Crippen LogP contribution in [0.1, 0.15) is 31.7 Å². The molecule has 23 heavy (non-hydrogen) atoms. The predicted octanol–water partition coefficient (Wildman–Crippen LogP) is 1.67. The molecule has 0 aromatic heterocycles. The van der Waals surface area contributed by atoms with Crippen LogP contribution in [0.3, 0.4) is 0 Å². The van der Waals surface area contributed by atoms with E-state index < -0.39 is 24.1 Å². The normalized spacial score (nSPS) is 16.8. The van der Waals surface area contributed by atoms with Gasteiger partial charge in [-0.15, -0.1) is 0 Å². The summed E-state index contributed by atoms with van der Waals surface area (Å²) >= 11 is 0. The molecule has 1 aliphatic carbocycles. The Balaban J connectivity index is 2.02. The fourth-order valence-corrected chi connectivity index (χ4v) is 2.63. The maximum absolute atomic E-state index is 12.5. The Labute approximate surface area is 136 Å². The molecule has 1 aliphatic rings. The summed E-state index contributed by atoms with van der Waals surface area (Å²) in [6, 6.07) is 8.80. The first kappa shape index (κ1) is 17.3. The SMILES string of the molecule is CNC(=O)C(O)C(C)N(C(=O)OCc1ccccc1)C1CCC1. The van der Waals surface area contributed by atoms with E-state index >= 15 is 0 Å². The topological polar surface area (TPSA) is 78.9 Å². The maximum Gasteiger partial charge on any atom is 0.410 e. The van der Waals surface area contributed by atoms with E-state index in [2.05, 4.69) is 5.32 Å². The number of hydrogen-bond donors (Lipinski definition) is 2. The van der Waals surface area contributed by atoms with Crippen molar-refractivity contribution in [2.24, 2.45) is 0 Å². The van der Waals surface area contributed by atoms with Crippen molar-refractivity contribution in [3.05, 3.63) is 35.9 Å². The minimum absolute atomic E-state index is 0.0209. The van der Waals surface area contributed by atoms with Gasteiger partial charge in [0.15, 0.2) is 6.10 Å². The molecule has 126 valence electrons. The van der Waals surface area contributed by atoms with Crippen LogP contribution in [0.25, 0.3) is 0 Å². The highest BCUT2D eigenvalue weighted by atomic mass is 16.6. The lowest BCUT2D eigenvalue weighted by molar-refractivity contribution is -0.132. The number of likely N-dealkylation sites (N-methyl/N-ethyl adjacent to an activating group) is 1. The fraction of sp³-hybridized carbons (Fsp3) is 0.529. The Hall–Kier alpha value is -2.08. The van der Waals surface area contributed by atoms with Crippen LogP contribution in [0.4, 0.5) is 4.79 Å². The first-order valence-electron chi connectivity index (χ1n) is 7.93. The van der Waals surface area contributed by atoms with Gasteiger partial charge in [-0.25, -0.2) is 4.79 Å². The quantitative estimate of drug-likeness (QED) is 0.836. The number of aliphatic hydroxyl groups excluding tert-OH is 1. The van der Waals surface area contributed by atoms with E-state index in [1.807, 2.05) is 30.3 Å². The number of carbonyl (C=O) groups excluding carboxylic acids is 2. The van der Waals surface area contributed by atoms with Crippen molar-refractivity contribution in [3.8, 4) is 0 Å². The van der Waals surface area contributed by atoms with E-state index in [-0.39, 0.29) is 12.6 Å². The third kappa shape index (κ3) is 4.22. The average Bonchev–Trinajstić information content (AvgIpc) is 2.54. The molecule has 6 nitrogen and oxygen atoms in total. The molecule has 0 spiro atoms. The van der Waals surface area contributed by atoms with Crippen LogP contribution in [-0.4, -0.2) is 47.2 Å². The van der Waals surface area contributed by atoms with E-state index in [4.69, 9.17) is 4.74 Å². The van der Waals surface area contributed by atoms with Crippen LogP contribution >= 0.6 is 0 Å². The number of aliphatic hydroxyl groups is 1. The van der Waals surface area contributed by atoms with Gasteiger partial charge in [0.25, 0.3) is 5.91 Å². The molecule has 2 unspecified atom stereocenters. The molecule has 0 radical (unpaired) electrons. The lowest BCUT2D eigenvalue weighted by Gasteiger charge is -2.41. The Morgan fingerprint density at radius 2 is 2.00 bits per heavy atom. The molecule has 0 bridgehead atoms. The Kier molecular flexibility index (Phi) is 5.98. The standard InChI is InChI=1S/C17H24N2O4/c1-12(15(20)16(21)18-2)19(14-9-6-10-14)17(22)23-11-13-7-4-3-5-8-13/h3-5,7-8,12,14-15,20H,6,9-11H2,1-2H3,(H,18,21). The second-order valence-electron chi connectivity index (χ2n) is 5.83. The summed E-state index contributed by atoms with van der Waals surface area (Å²) in [5, 5.41) is 12.5. The summed E-state index contributed by atoms with van der Waals surface area (Å²) < 4.78 is 5.38. The molecule has 1 fully saturated rings.